The maximum Gasteiger partial charge on any atom is 0.269 e. The van der Waals surface area contributed by atoms with Gasteiger partial charge in [-0.1, -0.05) is 30.3 Å². The monoisotopic (exact) mass is 363 g/mol. The fourth-order valence-electron chi connectivity index (χ4n) is 2.01. The van der Waals surface area contributed by atoms with Gasteiger partial charge >= 0.3 is 0 Å². The van der Waals surface area contributed by atoms with Gasteiger partial charge in [-0.3, -0.25) is 14.9 Å². The van der Waals surface area contributed by atoms with Crippen LogP contribution < -0.4 is 10.0 Å². The zero-order chi connectivity index (χ0) is 18.3. The summed E-state index contributed by atoms with van der Waals surface area (Å²) in [5.74, 6) is -0.282. The number of carbonyl (C=O) groups is 1. The number of non-ortho nitro benzene ring substituents is 1. The summed E-state index contributed by atoms with van der Waals surface area (Å²) in [7, 11) is -3.82. The summed E-state index contributed by atoms with van der Waals surface area (Å²) >= 11 is 0. The predicted molar refractivity (Wildman–Crippen MR) is 91.2 cm³/mol. The lowest BCUT2D eigenvalue weighted by Crippen LogP contribution is -2.30. The molecular formula is C16H17N3O5S. The lowest BCUT2D eigenvalue weighted by atomic mass is 10.2. The topological polar surface area (TPSA) is 118 Å². The number of hydrogen-bond donors (Lipinski definition) is 2. The molecular weight excluding hydrogens is 346 g/mol. The van der Waals surface area contributed by atoms with Crippen molar-refractivity contribution in [3.05, 3.63) is 70.3 Å². The van der Waals surface area contributed by atoms with Crippen LogP contribution >= 0.6 is 0 Å². The van der Waals surface area contributed by atoms with Crippen LogP contribution in [0.3, 0.4) is 0 Å². The lowest BCUT2D eigenvalue weighted by Gasteiger charge is -2.08. The Morgan fingerprint density at radius 2 is 1.68 bits per heavy atom. The Hall–Kier alpha value is -2.78. The molecule has 0 bridgehead atoms. The molecule has 0 aliphatic rings. The van der Waals surface area contributed by atoms with Crippen molar-refractivity contribution in [3.63, 3.8) is 0 Å². The van der Waals surface area contributed by atoms with Gasteiger partial charge in [0.25, 0.3) is 5.69 Å². The molecule has 1 amide bonds. The molecule has 25 heavy (non-hydrogen) atoms. The van der Waals surface area contributed by atoms with Crippen LogP contribution in [0.2, 0.25) is 0 Å². The second-order valence-electron chi connectivity index (χ2n) is 5.16. The molecule has 0 spiro atoms. The zero-order valence-corrected chi connectivity index (χ0v) is 14.0. The van der Waals surface area contributed by atoms with Crippen LogP contribution in [0.25, 0.3) is 0 Å². The first-order valence-corrected chi connectivity index (χ1v) is 8.91. The Bertz CT molecular complexity index is 836. The first-order chi connectivity index (χ1) is 11.9. The fourth-order valence-corrected chi connectivity index (χ4v) is 3.05. The number of hydrogen-bond acceptors (Lipinski definition) is 5. The van der Waals surface area contributed by atoms with E-state index in [4.69, 9.17) is 0 Å². The van der Waals surface area contributed by atoms with Crippen LogP contribution in [-0.2, 0) is 21.4 Å². The number of nitro benzene ring substituents is 1. The first kappa shape index (κ1) is 18.6. The van der Waals surface area contributed by atoms with Crippen molar-refractivity contribution >= 4 is 21.6 Å². The average Bonchev–Trinajstić information content (AvgIpc) is 2.61. The van der Waals surface area contributed by atoms with Gasteiger partial charge < -0.3 is 5.32 Å². The third-order valence-corrected chi connectivity index (χ3v) is 4.81. The van der Waals surface area contributed by atoms with Crippen molar-refractivity contribution in [1.82, 2.24) is 10.0 Å². The van der Waals surface area contributed by atoms with Crippen LogP contribution in [0.4, 0.5) is 5.69 Å². The van der Waals surface area contributed by atoms with Gasteiger partial charge in [-0.05, 0) is 17.7 Å². The maximum atomic E-state index is 12.1. The first-order valence-electron chi connectivity index (χ1n) is 7.43. The van der Waals surface area contributed by atoms with Gasteiger partial charge in [0.1, 0.15) is 0 Å². The molecule has 2 rings (SSSR count). The molecule has 0 heterocycles. The minimum absolute atomic E-state index is 0.0148. The normalized spacial score (nSPS) is 11.0. The highest BCUT2D eigenvalue weighted by Crippen LogP contribution is 2.15. The Kier molecular flexibility index (Phi) is 6.20. The van der Waals surface area contributed by atoms with E-state index in [1.807, 2.05) is 30.3 Å². The number of rotatable bonds is 8. The number of nitrogens with zero attached hydrogens (tertiary/aromatic N) is 1. The van der Waals surface area contributed by atoms with E-state index in [2.05, 4.69) is 10.0 Å². The molecule has 0 fully saturated rings. The molecule has 0 saturated heterocycles. The van der Waals surface area contributed by atoms with E-state index >= 15 is 0 Å². The number of amides is 1. The maximum absolute atomic E-state index is 12.1. The molecule has 0 aromatic heterocycles. The SMILES string of the molecule is O=C(CCNS(=O)(=O)c1ccc([N+](=O)[O-])cc1)NCc1ccccc1. The Labute approximate surface area is 145 Å². The summed E-state index contributed by atoms with van der Waals surface area (Å²) in [5, 5.41) is 13.3. The number of sulfonamides is 1. The molecule has 0 atom stereocenters. The largest absolute Gasteiger partial charge is 0.352 e. The predicted octanol–water partition coefficient (Wildman–Crippen LogP) is 1.58. The standard InChI is InChI=1S/C16H17N3O5S/c20-16(17-12-13-4-2-1-3-5-13)10-11-18-25(23,24)15-8-6-14(7-9-15)19(21)22/h1-9,18H,10-12H2,(H,17,20). The van der Waals surface area contributed by atoms with Crippen LogP contribution in [0.5, 0.6) is 0 Å². The van der Waals surface area contributed by atoms with Crippen molar-refractivity contribution < 1.29 is 18.1 Å². The highest BCUT2D eigenvalue weighted by atomic mass is 32.2. The minimum Gasteiger partial charge on any atom is -0.352 e. The van der Waals surface area contributed by atoms with Crippen molar-refractivity contribution in [2.24, 2.45) is 0 Å². The van der Waals surface area contributed by atoms with E-state index < -0.39 is 14.9 Å². The summed E-state index contributed by atoms with van der Waals surface area (Å²) in [4.78, 5) is 21.6. The zero-order valence-electron chi connectivity index (χ0n) is 13.2. The summed E-state index contributed by atoms with van der Waals surface area (Å²) in [6, 6.07) is 13.9. The lowest BCUT2D eigenvalue weighted by molar-refractivity contribution is -0.384. The molecule has 2 aromatic carbocycles. The smallest absolute Gasteiger partial charge is 0.269 e. The molecule has 0 aliphatic carbocycles. The average molecular weight is 363 g/mol. The highest BCUT2D eigenvalue weighted by Gasteiger charge is 2.15. The molecule has 0 radical (unpaired) electrons. The molecule has 2 N–H and O–H groups in total. The van der Waals surface area contributed by atoms with E-state index in [1.165, 1.54) is 0 Å². The van der Waals surface area contributed by atoms with E-state index in [0.29, 0.717) is 6.54 Å². The van der Waals surface area contributed by atoms with Gasteiger partial charge in [0.15, 0.2) is 0 Å². The van der Waals surface area contributed by atoms with Gasteiger partial charge in [-0.15, -0.1) is 0 Å². The Morgan fingerprint density at radius 3 is 2.28 bits per heavy atom. The molecule has 0 aliphatic heterocycles. The summed E-state index contributed by atoms with van der Waals surface area (Å²) < 4.78 is 26.4. The van der Waals surface area contributed by atoms with Crippen LogP contribution in [-0.4, -0.2) is 25.8 Å². The van der Waals surface area contributed by atoms with E-state index in [1.54, 1.807) is 0 Å². The van der Waals surface area contributed by atoms with E-state index in [9.17, 15) is 23.3 Å². The number of nitro groups is 1. The van der Waals surface area contributed by atoms with Crippen LogP contribution in [0.1, 0.15) is 12.0 Å². The van der Waals surface area contributed by atoms with Crippen molar-refractivity contribution in [1.29, 1.82) is 0 Å². The van der Waals surface area contributed by atoms with Gasteiger partial charge in [0.2, 0.25) is 15.9 Å². The molecule has 0 unspecified atom stereocenters. The van der Waals surface area contributed by atoms with E-state index in [0.717, 1.165) is 29.8 Å². The van der Waals surface area contributed by atoms with Crippen LogP contribution in [0.15, 0.2) is 59.5 Å². The summed E-state index contributed by atoms with van der Waals surface area (Å²) in [6.07, 6.45) is -0.0148. The number of nitrogens with one attached hydrogen (secondary N) is 2. The van der Waals surface area contributed by atoms with Gasteiger partial charge in [0, 0.05) is 31.6 Å². The van der Waals surface area contributed by atoms with Gasteiger partial charge in [-0.2, -0.15) is 0 Å². The minimum atomic E-state index is -3.82. The van der Waals surface area contributed by atoms with Gasteiger partial charge in [0.05, 0.1) is 9.82 Å². The highest BCUT2D eigenvalue weighted by molar-refractivity contribution is 7.89. The Morgan fingerprint density at radius 1 is 1.04 bits per heavy atom. The molecule has 132 valence electrons. The number of benzene rings is 2. The fraction of sp³-hybridized carbons (Fsp3) is 0.188. The molecule has 9 heteroatoms. The second-order valence-corrected chi connectivity index (χ2v) is 6.93. The van der Waals surface area contributed by atoms with Gasteiger partial charge in [-0.25, -0.2) is 13.1 Å². The Balaban J connectivity index is 1.81. The quantitative estimate of drug-likeness (QED) is 0.545. The second kappa shape index (κ2) is 8.36. The van der Waals surface area contributed by atoms with Crippen molar-refractivity contribution in [3.8, 4) is 0 Å². The van der Waals surface area contributed by atoms with Crippen molar-refractivity contribution in [2.45, 2.75) is 17.9 Å². The molecule has 2 aromatic rings. The number of carbonyl (C=O) groups excluding carboxylic acids is 1. The molecule has 8 nitrogen and oxygen atoms in total. The summed E-state index contributed by atoms with van der Waals surface area (Å²) in [6.45, 7) is 0.300. The molecule has 0 saturated carbocycles. The summed E-state index contributed by atoms with van der Waals surface area (Å²) in [5.41, 5.74) is 0.751. The van der Waals surface area contributed by atoms with Crippen LogP contribution in [0, 0.1) is 10.1 Å². The van der Waals surface area contributed by atoms with E-state index in [-0.39, 0.29) is 29.5 Å². The third-order valence-electron chi connectivity index (χ3n) is 3.33. The van der Waals surface area contributed by atoms with Crippen molar-refractivity contribution in [2.75, 3.05) is 6.54 Å². The third kappa shape index (κ3) is 5.66.